The highest BCUT2D eigenvalue weighted by molar-refractivity contribution is 7.99. The Kier molecular flexibility index (Phi) is 4.30. The molecule has 86 valence electrons. The number of hydrogen-bond donors (Lipinski definition) is 0. The SMILES string of the molecule is N#Cc1ccc(SCCCCl)c2ccccc12. The molecule has 3 heteroatoms. The first-order valence-corrected chi connectivity index (χ1v) is 6.99. The van der Waals surface area contributed by atoms with Crippen molar-refractivity contribution in [1.29, 1.82) is 5.26 Å². The highest BCUT2D eigenvalue weighted by Gasteiger charge is 2.05. The van der Waals surface area contributed by atoms with Crippen LogP contribution in [0.25, 0.3) is 10.8 Å². The van der Waals surface area contributed by atoms with Crippen molar-refractivity contribution >= 4 is 34.1 Å². The third-order valence-corrected chi connectivity index (χ3v) is 3.97. The van der Waals surface area contributed by atoms with E-state index in [4.69, 9.17) is 16.9 Å². The van der Waals surface area contributed by atoms with E-state index in [0.717, 1.165) is 28.5 Å². The molecule has 0 radical (unpaired) electrons. The monoisotopic (exact) mass is 261 g/mol. The number of alkyl halides is 1. The number of nitrogens with zero attached hydrogens (tertiary/aromatic N) is 1. The summed E-state index contributed by atoms with van der Waals surface area (Å²) < 4.78 is 0. The summed E-state index contributed by atoms with van der Waals surface area (Å²) in [4.78, 5) is 1.23. The van der Waals surface area contributed by atoms with Gasteiger partial charge in [-0.1, -0.05) is 24.3 Å². The zero-order chi connectivity index (χ0) is 12.1. The topological polar surface area (TPSA) is 23.8 Å². The summed E-state index contributed by atoms with van der Waals surface area (Å²) in [6.45, 7) is 0. The van der Waals surface area contributed by atoms with Gasteiger partial charge in [0, 0.05) is 16.2 Å². The van der Waals surface area contributed by atoms with Gasteiger partial charge in [0.25, 0.3) is 0 Å². The van der Waals surface area contributed by atoms with E-state index in [1.165, 1.54) is 4.90 Å². The molecule has 0 aliphatic carbocycles. The van der Waals surface area contributed by atoms with E-state index in [1.54, 1.807) is 11.8 Å². The summed E-state index contributed by atoms with van der Waals surface area (Å²) in [6.07, 6.45) is 1.00. The maximum Gasteiger partial charge on any atom is 0.0998 e. The molecule has 0 aliphatic rings. The van der Waals surface area contributed by atoms with Crippen LogP contribution in [0.5, 0.6) is 0 Å². The second kappa shape index (κ2) is 5.95. The molecule has 1 nitrogen and oxygen atoms in total. The lowest BCUT2D eigenvalue weighted by atomic mass is 10.1. The fourth-order valence-corrected chi connectivity index (χ4v) is 3.03. The molecule has 0 spiro atoms. The van der Waals surface area contributed by atoms with Gasteiger partial charge in [-0.3, -0.25) is 0 Å². The Morgan fingerprint density at radius 1 is 1.12 bits per heavy atom. The summed E-state index contributed by atoms with van der Waals surface area (Å²) >= 11 is 7.48. The smallest absolute Gasteiger partial charge is 0.0998 e. The van der Waals surface area contributed by atoms with Gasteiger partial charge in [0.15, 0.2) is 0 Å². The normalized spacial score (nSPS) is 10.4. The van der Waals surface area contributed by atoms with E-state index < -0.39 is 0 Å². The Balaban J connectivity index is 2.41. The standard InChI is InChI=1S/C14H12ClNS/c15-8-3-9-17-14-7-6-11(10-16)12-4-1-2-5-13(12)14/h1-2,4-7H,3,8-9H2. The van der Waals surface area contributed by atoms with E-state index in [9.17, 15) is 0 Å². The van der Waals surface area contributed by atoms with Gasteiger partial charge in [0.05, 0.1) is 11.6 Å². The number of rotatable bonds is 4. The van der Waals surface area contributed by atoms with Crippen LogP contribution >= 0.6 is 23.4 Å². The highest BCUT2D eigenvalue weighted by atomic mass is 35.5. The minimum atomic E-state index is 0.696. The van der Waals surface area contributed by atoms with Gasteiger partial charge in [0.2, 0.25) is 0 Å². The molecule has 0 saturated heterocycles. The van der Waals surface area contributed by atoms with E-state index in [1.807, 2.05) is 30.3 Å². The minimum absolute atomic E-state index is 0.696. The molecule has 0 atom stereocenters. The van der Waals surface area contributed by atoms with Crippen LogP contribution < -0.4 is 0 Å². The molecule has 0 unspecified atom stereocenters. The van der Waals surface area contributed by atoms with Crippen molar-refractivity contribution in [2.75, 3.05) is 11.6 Å². The average Bonchev–Trinajstić information content (AvgIpc) is 2.39. The van der Waals surface area contributed by atoms with Gasteiger partial charge < -0.3 is 0 Å². The third-order valence-electron chi connectivity index (χ3n) is 2.54. The van der Waals surface area contributed by atoms with Crippen LogP contribution in [0.2, 0.25) is 0 Å². The second-order valence-electron chi connectivity index (χ2n) is 3.66. The van der Waals surface area contributed by atoms with Crippen molar-refractivity contribution in [2.45, 2.75) is 11.3 Å². The summed E-state index contributed by atoms with van der Waals surface area (Å²) in [6, 6.07) is 14.2. The molecule has 0 aliphatic heterocycles. The average molecular weight is 262 g/mol. The number of benzene rings is 2. The summed E-state index contributed by atoms with van der Waals surface area (Å²) in [5, 5.41) is 11.3. The third kappa shape index (κ3) is 2.74. The molecule has 2 rings (SSSR count). The number of nitriles is 1. The molecule has 0 aromatic heterocycles. The van der Waals surface area contributed by atoms with Crippen LogP contribution in [0.3, 0.4) is 0 Å². The van der Waals surface area contributed by atoms with Crippen molar-refractivity contribution in [3.05, 3.63) is 42.0 Å². The predicted octanol–water partition coefficient (Wildman–Crippen LogP) is 4.43. The number of fused-ring (bicyclic) bond motifs is 1. The predicted molar refractivity (Wildman–Crippen MR) is 74.7 cm³/mol. The summed E-state index contributed by atoms with van der Waals surface area (Å²) in [5.41, 5.74) is 0.738. The van der Waals surface area contributed by atoms with Crippen LogP contribution in [0.1, 0.15) is 12.0 Å². The first-order valence-electron chi connectivity index (χ1n) is 5.47. The van der Waals surface area contributed by atoms with E-state index in [0.29, 0.717) is 5.88 Å². The Morgan fingerprint density at radius 2 is 1.88 bits per heavy atom. The fourth-order valence-electron chi connectivity index (χ4n) is 1.73. The lowest BCUT2D eigenvalue weighted by Crippen LogP contribution is -1.85. The van der Waals surface area contributed by atoms with Crippen molar-refractivity contribution < 1.29 is 0 Å². The minimum Gasteiger partial charge on any atom is -0.192 e. The highest BCUT2D eigenvalue weighted by Crippen LogP contribution is 2.30. The molecule has 2 aromatic carbocycles. The Labute approximate surface area is 110 Å². The molecular weight excluding hydrogens is 250 g/mol. The largest absolute Gasteiger partial charge is 0.192 e. The maximum absolute atomic E-state index is 9.07. The fraction of sp³-hybridized carbons (Fsp3) is 0.214. The molecule has 0 amide bonds. The lowest BCUT2D eigenvalue weighted by Gasteiger charge is -2.06. The molecule has 0 bridgehead atoms. The molecule has 0 fully saturated rings. The molecule has 17 heavy (non-hydrogen) atoms. The van der Waals surface area contributed by atoms with Crippen molar-refractivity contribution in [3.8, 4) is 6.07 Å². The van der Waals surface area contributed by atoms with Crippen LogP contribution in [0.4, 0.5) is 0 Å². The van der Waals surface area contributed by atoms with Crippen LogP contribution in [-0.2, 0) is 0 Å². The summed E-state index contributed by atoms with van der Waals surface area (Å²) in [7, 11) is 0. The molecule has 0 heterocycles. The van der Waals surface area contributed by atoms with Crippen LogP contribution in [-0.4, -0.2) is 11.6 Å². The van der Waals surface area contributed by atoms with Gasteiger partial charge in [-0.05, 0) is 29.7 Å². The number of hydrogen-bond acceptors (Lipinski definition) is 2. The molecule has 0 saturated carbocycles. The van der Waals surface area contributed by atoms with E-state index >= 15 is 0 Å². The molecule has 0 N–H and O–H groups in total. The zero-order valence-corrected chi connectivity index (χ0v) is 10.9. The second-order valence-corrected chi connectivity index (χ2v) is 5.17. The van der Waals surface area contributed by atoms with Gasteiger partial charge >= 0.3 is 0 Å². The zero-order valence-electron chi connectivity index (χ0n) is 9.32. The number of halogens is 1. The Bertz CT molecular complexity index is 560. The molecule has 2 aromatic rings. The van der Waals surface area contributed by atoms with E-state index in [2.05, 4.69) is 12.1 Å². The van der Waals surface area contributed by atoms with Crippen LogP contribution in [0, 0.1) is 11.3 Å². The first-order chi connectivity index (χ1) is 8.36. The maximum atomic E-state index is 9.07. The lowest BCUT2D eigenvalue weighted by molar-refractivity contribution is 1.12. The van der Waals surface area contributed by atoms with Crippen LogP contribution in [0.15, 0.2) is 41.3 Å². The van der Waals surface area contributed by atoms with Crippen molar-refractivity contribution in [3.63, 3.8) is 0 Å². The first kappa shape index (κ1) is 12.3. The van der Waals surface area contributed by atoms with Gasteiger partial charge in [-0.15, -0.1) is 23.4 Å². The van der Waals surface area contributed by atoms with Gasteiger partial charge in [-0.2, -0.15) is 5.26 Å². The Morgan fingerprint density at radius 3 is 2.59 bits per heavy atom. The number of thioether (sulfide) groups is 1. The molecular formula is C14H12ClNS. The Hall–Kier alpha value is -1.17. The van der Waals surface area contributed by atoms with Gasteiger partial charge in [-0.25, -0.2) is 0 Å². The van der Waals surface area contributed by atoms with Gasteiger partial charge in [0.1, 0.15) is 0 Å². The van der Waals surface area contributed by atoms with E-state index in [-0.39, 0.29) is 0 Å². The quantitative estimate of drug-likeness (QED) is 0.462. The van der Waals surface area contributed by atoms with Crippen molar-refractivity contribution in [2.24, 2.45) is 0 Å². The summed E-state index contributed by atoms with van der Waals surface area (Å²) in [5.74, 6) is 1.71. The van der Waals surface area contributed by atoms with Crippen molar-refractivity contribution in [1.82, 2.24) is 0 Å².